The van der Waals surface area contributed by atoms with E-state index in [4.69, 9.17) is 11.6 Å². The van der Waals surface area contributed by atoms with Crippen molar-refractivity contribution in [3.63, 3.8) is 0 Å². The van der Waals surface area contributed by atoms with E-state index in [0.29, 0.717) is 0 Å². The van der Waals surface area contributed by atoms with Crippen LogP contribution < -0.4 is 0 Å². The SMILES string of the molecule is Clc1ccc(-c2ccnc3c(-c4ccc(Br)cc4)cnn23)cc1. The molecule has 2 heterocycles. The lowest BCUT2D eigenvalue weighted by Crippen LogP contribution is -1.95. The lowest BCUT2D eigenvalue weighted by atomic mass is 10.1. The molecule has 5 heteroatoms. The summed E-state index contributed by atoms with van der Waals surface area (Å²) in [6, 6.07) is 17.8. The molecule has 0 bridgehead atoms. The quantitative estimate of drug-likeness (QED) is 0.458. The number of hydrogen-bond acceptors (Lipinski definition) is 2. The third-order valence-electron chi connectivity index (χ3n) is 3.70. The highest BCUT2D eigenvalue weighted by Gasteiger charge is 2.11. The third-order valence-corrected chi connectivity index (χ3v) is 4.48. The van der Waals surface area contributed by atoms with Crippen molar-refractivity contribution in [2.75, 3.05) is 0 Å². The smallest absolute Gasteiger partial charge is 0.163 e. The number of hydrogen-bond donors (Lipinski definition) is 0. The summed E-state index contributed by atoms with van der Waals surface area (Å²) >= 11 is 9.43. The molecule has 0 saturated heterocycles. The van der Waals surface area contributed by atoms with Gasteiger partial charge in [0.1, 0.15) is 0 Å². The van der Waals surface area contributed by atoms with Gasteiger partial charge in [0, 0.05) is 26.8 Å². The van der Waals surface area contributed by atoms with E-state index >= 15 is 0 Å². The molecule has 0 atom stereocenters. The van der Waals surface area contributed by atoms with Crippen LogP contribution in [0.3, 0.4) is 0 Å². The Morgan fingerprint density at radius 2 is 1.57 bits per heavy atom. The molecule has 0 spiro atoms. The summed E-state index contributed by atoms with van der Waals surface area (Å²) in [6.07, 6.45) is 3.66. The number of nitrogens with zero attached hydrogens (tertiary/aromatic N) is 3. The van der Waals surface area contributed by atoms with Gasteiger partial charge in [0.15, 0.2) is 5.65 Å². The molecule has 0 amide bonds. The first-order valence-corrected chi connectivity index (χ1v) is 8.24. The second-order valence-electron chi connectivity index (χ2n) is 5.14. The van der Waals surface area contributed by atoms with E-state index < -0.39 is 0 Å². The Kier molecular flexibility index (Phi) is 3.63. The van der Waals surface area contributed by atoms with E-state index in [1.54, 1.807) is 0 Å². The summed E-state index contributed by atoms with van der Waals surface area (Å²) in [6.45, 7) is 0. The first-order chi connectivity index (χ1) is 11.2. The third kappa shape index (κ3) is 2.64. The minimum absolute atomic E-state index is 0.718. The van der Waals surface area contributed by atoms with Gasteiger partial charge >= 0.3 is 0 Å². The zero-order chi connectivity index (χ0) is 15.8. The number of fused-ring (bicyclic) bond motifs is 1. The summed E-state index contributed by atoms with van der Waals surface area (Å²) < 4.78 is 2.91. The predicted octanol–water partition coefficient (Wildman–Crippen LogP) is 5.48. The minimum Gasteiger partial charge on any atom is -0.236 e. The van der Waals surface area contributed by atoms with Crippen LogP contribution in [0.2, 0.25) is 5.02 Å². The first kappa shape index (κ1) is 14.4. The van der Waals surface area contributed by atoms with Gasteiger partial charge in [0.05, 0.1) is 11.9 Å². The molecule has 0 unspecified atom stereocenters. The lowest BCUT2D eigenvalue weighted by molar-refractivity contribution is 0.948. The molecule has 0 N–H and O–H groups in total. The Hall–Kier alpha value is -2.17. The zero-order valence-corrected chi connectivity index (χ0v) is 14.3. The van der Waals surface area contributed by atoms with Crippen molar-refractivity contribution in [3.05, 3.63) is 76.5 Å². The van der Waals surface area contributed by atoms with E-state index in [0.717, 1.165) is 37.5 Å². The van der Waals surface area contributed by atoms with Crippen LogP contribution in [0.15, 0.2) is 71.5 Å². The molecule has 0 saturated carbocycles. The molecule has 0 aliphatic carbocycles. The monoisotopic (exact) mass is 383 g/mol. The molecule has 112 valence electrons. The van der Waals surface area contributed by atoms with Gasteiger partial charge in [0.25, 0.3) is 0 Å². The summed E-state index contributed by atoms with van der Waals surface area (Å²) in [5, 5.41) is 5.24. The molecule has 2 aromatic heterocycles. The second-order valence-corrected chi connectivity index (χ2v) is 6.49. The van der Waals surface area contributed by atoms with E-state index in [1.165, 1.54) is 0 Å². The first-order valence-electron chi connectivity index (χ1n) is 7.07. The van der Waals surface area contributed by atoms with Gasteiger partial charge in [-0.25, -0.2) is 9.50 Å². The van der Waals surface area contributed by atoms with Crippen molar-refractivity contribution in [3.8, 4) is 22.4 Å². The van der Waals surface area contributed by atoms with E-state index in [-0.39, 0.29) is 0 Å². The molecule has 4 rings (SSSR count). The van der Waals surface area contributed by atoms with Gasteiger partial charge in [-0.2, -0.15) is 5.10 Å². The maximum absolute atomic E-state index is 5.98. The van der Waals surface area contributed by atoms with Crippen LogP contribution >= 0.6 is 27.5 Å². The van der Waals surface area contributed by atoms with Crippen molar-refractivity contribution in [2.24, 2.45) is 0 Å². The van der Waals surface area contributed by atoms with Crippen molar-refractivity contribution in [1.29, 1.82) is 0 Å². The molecule has 3 nitrogen and oxygen atoms in total. The molecule has 4 aromatic rings. The molecule has 0 fully saturated rings. The highest BCUT2D eigenvalue weighted by atomic mass is 79.9. The van der Waals surface area contributed by atoms with Gasteiger partial charge in [-0.15, -0.1) is 0 Å². The molecule has 2 aromatic carbocycles. The van der Waals surface area contributed by atoms with Crippen LogP contribution in [0.5, 0.6) is 0 Å². The highest BCUT2D eigenvalue weighted by molar-refractivity contribution is 9.10. The van der Waals surface area contributed by atoms with Crippen molar-refractivity contribution < 1.29 is 0 Å². The van der Waals surface area contributed by atoms with Crippen molar-refractivity contribution in [2.45, 2.75) is 0 Å². The summed E-state index contributed by atoms with van der Waals surface area (Å²) in [7, 11) is 0. The molecule has 23 heavy (non-hydrogen) atoms. The van der Waals surface area contributed by atoms with Gasteiger partial charge in [-0.1, -0.05) is 51.8 Å². The second kappa shape index (κ2) is 5.80. The maximum atomic E-state index is 5.98. The Morgan fingerprint density at radius 3 is 2.30 bits per heavy atom. The summed E-state index contributed by atoms with van der Waals surface area (Å²) in [4.78, 5) is 4.51. The van der Waals surface area contributed by atoms with Crippen LogP contribution in [0.4, 0.5) is 0 Å². The fourth-order valence-corrected chi connectivity index (χ4v) is 2.95. The molecular weight excluding hydrogens is 374 g/mol. The van der Waals surface area contributed by atoms with Crippen molar-refractivity contribution in [1.82, 2.24) is 14.6 Å². The van der Waals surface area contributed by atoms with Gasteiger partial charge < -0.3 is 0 Å². The summed E-state index contributed by atoms with van der Waals surface area (Å²) in [5.74, 6) is 0. The fraction of sp³-hybridized carbons (Fsp3) is 0. The Labute approximate surface area is 146 Å². The van der Waals surface area contributed by atoms with Gasteiger partial charge in [-0.3, -0.25) is 0 Å². The largest absolute Gasteiger partial charge is 0.236 e. The van der Waals surface area contributed by atoms with Crippen molar-refractivity contribution >= 4 is 33.2 Å². The average molecular weight is 385 g/mol. The number of aromatic nitrogens is 3. The van der Waals surface area contributed by atoms with Crippen LogP contribution in [-0.2, 0) is 0 Å². The van der Waals surface area contributed by atoms with Crippen LogP contribution in [0, 0.1) is 0 Å². The Balaban J connectivity index is 1.89. The average Bonchev–Trinajstić information content (AvgIpc) is 3.00. The van der Waals surface area contributed by atoms with Gasteiger partial charge in [-0.05, 0) is 35.9 Å². The topological polar surface area (TPSA) is 30.2 Å². The standard InChI is InChI=1S/C18H11BrClN3/c19-14-5-1-12(2-6-14)16-11-22-23-17(9-10-21-18(16)23)13-3-7-15(20)8-4-13/h1-11H. The molecular formula is C18H11BrClN3. The van der Waals surface area contributed by atoms with Gasteiger partial charge in [0.2, 0.25) is 0 Å². The molecule has 0 aliphatic rings. The normalized spacial score (nSPS) is 11.0. The molecule has 0 aliphatic heterocycles. The van der Waals surface area contributed by atoms with Crippen LogP contribution in [0.1, 0.15) is 0 Å². The van der Waals surface area contributed by atoms with Crippen LogP contribution in [-0.4, -0.2) is 14.6 Å². The predicted molar refractivity (Wildman–Crippen MR) is 96.6 cm³/mol. The number of benzene rings is 2. The number of halogens is 2. The molecule has 0 radical (unpaired) electrons. The maximum Gasteiger partial charge on any atom is 0.163 e. The Morgan fingerprint density at radius 1 is 0.870 bits per heavy atom. The Bertz CT molecular complexity index is 976. The lowest BCUT2D eigenvalue weighted by Gasteiger charge is -2.05. The van der Waals surface area contributed by atoms with E-state index in [9.17, 15) is 0 Å². The minimum atomic E-state index is 0.718. The summed E-state index contributed by atoms with van der Waals surface area (Å²) in [5.41, 5.74) is 4.96. The fourth-order valence-electron chi connectivity index (χ4n) is 2.56. The number of rotatable bonds is 2. The van der Waals surface area contributed by atoms with Crippen LogP contribution in [0.25, 0.3) is 28.0 Å². The highest BCUT2D eigenvalue weighted by Crippen LogP contribution is 2.28. The van der Waals surface area contributed by atoms with E-state index in [1.807, 2.05) is 59.4 Å². The van der Waals surface area contributed by atoms with E-state index in [2.05, 4.69) is 38.1 Å². The zero-order valence-electron chi connectivity index (χ0n) is 11.9.